The second-order valence-electron chi connectivity index (χ2n) is 6.01. The van der Waals surface area contributed by atoms with Crippen LogP contribution in [0.2, 0.25) is 5.02 Å². The molecule has 1 heterocycles. The first kappa shape index (κ1) is 13.6. The second-order valence-corrected chi connectivity index (χ2v) is 6.45. The fraction of sp³-hybridized carbons (Fsp3) is 0.500. The summed E-state index contributed by atoms with van der Waals surface area (Å²) in [7, 11) is 0. The number of hydrogen-bond acceptors (Lipinski definition) is 2. The summed E-state index contributed by atoms with van der Waals surface area (Å²) in [6.45, 7) is 0. The molecule has 0 N–H and O–H groups in total. The van der Waals surface area contributed by atoms with Crippen LogP contribution in [0.5, 0.6) is 0 Å². The number of amides is 2. The van der Waals surface area contributed by atoms with Gasteiger partial charge in [0.1, 0.15) is 0 Å². The molecular formula is C16H18ClNO2. The van der Waals surface area contributed by atoms with E-state index in [0.717, 1.165) is 25.7 Å². The lowest BCUT2D eigenvalue weighted by Gasteiger charge is -2.42. The maximum Gasteiger partial charge on any atom is 0.234 e. The molecule has 4 heteroatoms. The zero-order valence-electron chi connectivity index (χ0n) is 11.4. The van der Waals surface area contributed by atoms with Crippen molar-refractivity contribution in [3.8, 4) is 0 Å². The summed E-state index contributed by atoms with van der Waals surface area (Å²) < 4.78 is 0. The van der Waals surface area contributed by atoms with Crippen LogP contribution in [-0.4, -0.2) is 11.8 Å². The number of hydrogen-bond donors (Lipinski definition) is 0. The average Bonchev–Trinajstić information content (AvgIpc) is 2.41. The Kier molecular flexibility index (Phi) is 3.55. The van der Waals surface area contributed by atoms with E-state index in [1.807, 2.05) is 0 Å². The van der Waals surface area contributed by atoms with Gasteiger partial charge in [0.15, 0.2) is 0 Å². The second kappa shape index (κ2) is 5.21. The van der Waals surface area contributed by atoms with Crippen LogP contribution in [0.25, 0.3) is 0 Å². The number of rotatable bonds is 1. The lowest BCUT2D eigenvalue weighted by Crippen LogP contribution is -2.48. The van der Waals surface area contributed by atoms with Crippen LogP contribution in [0.3, 0.4) is 0 Å². The highest BCUT2D eigenvalue weighted by atomic mass is 35.5. The molecular weight excluding hydrogens is 274 g/mol. The van der Waals surface area contributed by atoms with E-state index >= 15 is 0 Å². The first-order chi connectivity index (χ1) is 9.60. The van der Waals surface area contributed by atoms with E-state index in [0.29, 0.717) is 23.6 Å². The normalized spacial score (nSPS) is 22.4. The zero-order valence-corrected chi connectivity index (χ0v) is 12.2. The molecule has 1 aliphatic carbocycles. The molecule has 2 fully saturated rings. The van der Waals surface area contributed by atoms with Crippen LogP contribution >= 0.6 is 11.6 Å². The van der Waals surface area contributed by atoms with Crippen LogP contribution in [-0.2, 0) is 9.59 Å². The van der Waals surface area contributed by atoms with Crippen molar-refractivity contribution in [1.82, 2.24) is 0 Å². The standard InChI is InChI=1S/C16H18ClNO2/c17-12-4-6-13(7-5-12)18-14(19)10-16(11-15(18)20)8-2-1-3-9-16/h4-7H,1-3,8-11H2. The van der Waals surface area contributed by atoms with E-state index in [2.05, 4.69) is 0 Å². The van der Waals surface area contributed by atoms with E-state index in [1.54, 1.807) is 24.3 Å². The molecule has 1 saturated carbocycles. The Morgan fingerprint density at radius 2 is 1.45 bits per heavy atom. The van der Waals surface area contributed by atoms with Gasteiger partial charge in [0, 0.05) is 17.9 Å². The SMILES string of the molecule is O=C1CC2(CCCCC2)CC(=O)N1c1ccc(Cl)cc1. The first-order valence-electron chi connectivity index (χ1n) is 7.21. The zero-order chi connectivity index (χ0) is 14.2. The van der Waals surface area contributed by atoms with Gasteiger partial charge >= 0.3 is 0 Å². The molecule has 1 aromatic rings. The predicted molar refractivity (Wildman–Crippen MR) is 78.7 cm³/mol. The third-order valence-corrected chi connectivity index (χ3v) is 4.80. The molecule has 1 saturated heterocycles. The molecule has 1 aliphatic heterocycles. The maximum atomic E-state index is 12.4. The molecule has 0 aromatic heterocycles. The molecule has 0 radical (unpaired) electrons. The number of carbonyl (C=O) groups excluding carboxylic acids is 2. The van der Waals surface area contributed by atoms with Gasteiger partial charge in [-0.15, -0.1) is 0 Å². The van der Waals surface area contributed by atoms with Crippen LogP contribution in [0.15, 0.2) is 24.3 Å². The lowest BCUT2D eigenvalue weighted by atomic mass is 9.67. The van der Waals surface area contributed by atoms with Crippen molar-refractivity contribution in [3.05, 3.63) is 29.3 Å². The summed E-state index contributed by atoms with van der Waals surface area (Å²) in [6.07, 6.45) is 6.54. The Hall–Kier alpha value is -1.35. The predicted octanol–water partition coefficient (Wildman–Crippen LogP) is 3.94. The minimum absolute atomic E-state index is 0.0602. The third-order valence-electron chi connectivity index (χ3n) is 4.55. The van der Waals surface area contributed by atoms with Gasteiger partial charge in [-0.1, -0.05) is 30.9 Å². The van der Waals surface area contributed by atoms with Crippen molar-refractivity contribution in [2.45, 2.75) is 44.9 Å². The van der Waals surface area contributed by atoms with Crippen molar-refractivity contribution < 1.29 is 9.59 Å². The fourth-order valence-corrected chi connectivity index (χ4v) is 3.66. The largest absolute Gasteiger partial charge is 0.274 e. The minimum atomic E-state index is -0.0644. The van der Waals surface area contributed by atoms with E-state index in [1.165, 1.54) is 11.3 Å². The molecule has 0 bridgehead atoms. The van der Waals surface area contributed by atoms with Crippen LogP contribution < -0.4 is 4.90 Å². The molecule has 3 nitrogen and oxygen atoms in total. The summed E-state index contributed by atoms with van der Waals surface area (Å²) in [6, 6.07) is 6.89. The third kappa shape index (κ3) is 2.47. The number of piperidine rings is 1. The van der Waals surface area contributed by atoms with Gasteiger partial charge < -0.3 is 0 Å². The summed E-state index contributed by atoms with van der Waals surface area (Å²) in [5, 5.41) is 0.606. The number of anilines is 1. The highest BCUT2D eigenvalue weighted by Gasteiger charge is 2.44. The van der Waals surface area contributed by atoms with Gasteiger partial charge in [-0.25, -0.2) is 0 Å². The van der Waals surface area contributed by atoms with Crippen LogP contribution in [0, 0.1) is 5.41 Å². The first-order valence-corrected chi connectivity index (χ1v) is 7.59. The van der Waals surface area contributed by atoms with Crippen molar-refractivity contribution >= 4 is 29.1 Å². The molecule has 20 heavy (non-hydrogen) atoms. The van der Waals surface area contributed by atoms with E-state index in [4.69, 9.17) is 11.6 Å². The molecule has 0 atom stereocenters. The molecule has 106 valence electrons. The number of nitrogens with zero attached hydrogens (tertiary/aromatic N) is 1. The number of carbonyl (C=O) groups is 2. The fourth-order valence-electron chi connectivity index (χ4n) is 3.53. The molecule has 0 unspecified atom stereocenters. The van der Waals surface area contributed by atoms with E-state index in [-0.39, 0.29) is 17.2 Å². The summed E-state index contributed by atoms with van der Waals surface area (Å²) in [5.41, 5.74) is 0.574. The summed E-state index contributed by atoms with van der Waals surface area (Å²) >= 11 is 5.85. The monoisotopic (exact) mass is 291 g/mol. The number of imide groups is 1. The number of halogens is 1. The Labute approximate surface area is 123 Å². The van der Waals surface area contributed by atoms with Gasteiger partial charge in [-0.2, -0.15) is 0 Å². The van der Waals surface area contributed by atoms with Gasteiger partial charge in [0.25, 0.3) is 0 Å². The van der Waals surface area contributed by atoms with Crippen LogP contribution in [0.4, 0.5) is 5.69 Å². The highest BCUT2D eigenvalue weighted by Crippen LogP contribution is 2.46. The van der Waals surface area contributed by atoms with Crippen molar-refractivity contribution in [3.63, 3.8) is 0 Å². The quantitative estimate of drug-likeness (QED) is 0.735. The Balaban J connectivity index is 1.83. The Morgan fingerprint density at radius 1 is 0.900 bits per heavy atom. The Morgan fingerprint density at radius 3 is 2.00 bits per heavy atom. The van der Waals surface area contributed by atoms with Crippen molar-refractivity contribution in [2.75, 3.05) is 4.90 Å². The van der Waals surface area contributed by atoms with Gasteiger partial charge in [-0.3, -0.25) is 14.5 Å². The van der Waals surface area contributed by atoms with Gasteiger partial charge in [-0.05, 0) is 42.5 Å². The van der Waals surface area contributed by atoms with Gasteiger partial charge in [0.2, 0.25) is 11.8 Å². The average molecular weight is 292 g/mol. The summed E-state index contributed by atoms with van der Waals surface area (Å²) in [4.78, 5) is 26.2. The van der Waals surface area contributed by atoms with Crippen LogP contribution in [0.1, 0.15) is 44.9 Å². The molecule has 1 aromatic carbocycles. The summed E-state index contributed by atoms with van der Waals surface area (Å²) in [5.74, 6) is -0.129. The molecule has 3 rings (SSSR count). The smallest absolute Gasteiger partial charge is 0.234 e. The molecule has 1 spiro atoms. The molecule has 2 amide bonds. The topological polar surface area (TPSA) is 37.4 Å². The number of benzene rings is 1. The highest BCUT2D eigenvalue weighted by molar-refractivity contribution is 6.30. The Bertz CT molecular complexity index is 512. The maximum absolute atomic E-state index is 12.4. The lowest BCUT2D eigenvalue weighted by molar-refractivity contribution is -0.134. The van der Waals surface area contributed by atoms with Crippen molar-refractivity contribution in [1.29, 1.82) is 0 Å². The van der Waals surface area contributed by atoms with Crippen molar-refractivity contribution in [2.24, 2.45) is 5.41 Å². The van der Waals surface area contributed by atoms with Gasteiger partial charge in [0.05, 0.1) is 5.69 Å². The van der Waals surface area contributed by atoms with E-state index in [9.17, 15) is 9.59 Å². The minimum Gasteiger partial charge on any atom is -0.274 e. The molecule has 2 aliphatic rings. The van der Waals surface area contributed by atoms with E-state index < -0.39 is 0 Å².